The number of hydrogen-bond acceptors (Lipinski definition) is 3. The zero-order valence-electron chi connectivity index (χ0n) is 10.7. The minimum Gasteiger partial charge on any atom is -0.377 e. The second-order valence-corrected chi connectivity index (χ2v) is 6.87. The highest BCUT2D eigenvalue weighted by molar-refractivity contribution is 6.60. The largest absolute Gasteiger partial charge is 0.500 e. The molecule has 0 N–H and O–H groups in total. The average molecular weight is 222 g/mol. The van der Waals surface area contributed by atoms with Crippen LogP contribution in [0.4, 0.5) is 0 Å². The van der Waals surface area contributed by atoms with Crippen molar-refractivity contribution >= 4 is 8.80 Å². The molecule has 88 valence electrons. The molecule has 0 amide bonds. The van der Waals surface area contributed by atoms with E-state index in [1.807, 2.05) is 0 Å². The molecule has 0 radical (unpaired) electrons. The Hall–Kier alpha value is 0.0969. The Morgan fingerprint density at radius 2 is 1.21 bits per heavy atom. The molecular weight excluding hydrogens is 196 g/mol. The van der Waals surface area contributed by atoms with Gasteiger partial charge in [-0.3, -0.25) is 0 Å². The van der Waals surface area contributed by atoms with E-state index in [-0.39, 0.29) is 0 Å². The van der Waals surface area contributed by atoms with Crippen LogP contribution in [0.15, 0.2) is 0 Å². The van der Waals surface area contributed by atoms with Gasteiger partial charge in [-0.25, -0.2) is 0 Å². The van der Waals surface area contributed by atoms with Crippen molar-refractivity contribution in [3.8, 4) is 0 Å². The topological polar surface area (TPSA) is 27.7 Å². The molecule has 0 aromatic rings. The van der Waals surface area contributed by atoms with E-state index in [2.05, 4.69) is 27.7 Å². The van der Waals surface area contributed by atoms with Crippen LogP contribution in [0.2, 0.25) is 6.04 Å². The van der Waals surface area contributed by atoms with Crippen molar-refractivity contribution in [2.24, 2.45) is 5.92 Å². The molecule has 0 saturated carbocycles. The van der Waals surface area contributed by atoms with Crippen LogP contribution in [0, 0.1) is 5.92 Å². The summed E-state index contributed by atoms with van der Waals surface area (Å²) in [6.45, 7) is 8.58. The van der Waals surface area contributed by atoms with Crippen molar-refractivity contribution in [2.75, 3.05) is 21.3 Å². The smallest absolute Gasteiger partial charge is 0.377 e. The van der Waals surface area contributed by atoms with E-state index in [1.165, 1.54) is 0 Å². The van der Waals surface area contributed by atoms with Crippen LogP contribution < -0.4 is 0 Å². The first-order chi connectivity index (χ1) is 6.47. The minimum atomic E-state index is -2.22. The summed E-state index contributed by atoms with van der Waals surface area (Å²) in [7, 11) is 2.68. The van der Waals surface area contributed by atoms with Gasteiger partial charge in [0, 0.05) is 27.4 Å². The molecule has 0 aliphatic carbocycles. The molecule has 4 heteroatoms. The van der Waals surface area contributed by atoms with E-state index in [0.29, 0.717) is 0 Å². The third-order valence-corrected chi connectivity index (χ3v) is 4.47. The Balaban J connectivity index is 0. The molecule has 0 aromatic carbocycles. The summed E-state index contributed by atoms with van der Waals surface area (Å²) in [5.41, 5.74) is 0. The second-order valence-electron chi connectivity index (χ2n) is 3.78. The van der Waals surface area contributed by atoms with Gasteiger partial charge in [-0.15, -0.1) is 0 Å². The lowest BCUT2D eigenvalue weighted by Gasteiger charge is -2.23. The lowest BCUT2D eigenvalue weighted by molar-refractivity contribution is 0.123. The maximum atomic E-state index is 5.17. The zero-order chi connectivity index (χ0) is 11.6. The fraction of sp³-hybridized carbons (Fsp3) is 1.00. The van der Waals surface area contributed by atoms with Gasteiger partial charge in [0.1, 0.15) is 0 Å². The van der Waals surface area contributed by atoms with Gasteiger partial charge in [0.2, 0.25) is 0 Å². The van der Waals surface area contributed by atoms with Gasteiger partial charge in [0.25, 0.3) is 0 Å². The summed E-state index contributed by atoms with van der Waals surface area (Å²) < 4.78 is 15.5. The van der Waals surface area contributed by atoms with E-state index >= 15 is 0 Å². The molecule has 0 aliphatic rings. The molecule has 0 fully saturated rings. The molecule has 14 heavy (non-hydrogen) atoms. The predicted octanol–water partition coefficient (Wildman–Crippen LogP) is 2.94. The van der Waals surface area contributed by atoms with Gasteiger partial charge in [-0.05, 0) is 5.92 Å². The third-order valence-electron chi connectivity index (χ3n) is 1.49. The molecule has 3 nitrogen and oxygen atoms in total. The molecule has 0 rings (SSSR count). The maximum Gasteiger partial charge on any atom is 0.500 e. The Labute approximate surface area is 90.1 Å². The van der Waals surface area contributed by atoms with Crippen LogP contribution >= 0.6 is 0 Å². The number of rotatable bonds is 5. The van der Waals surface area contributed by atoms with Crippen molar-refractivity contribution in [3.63, 3.8) is 0 Å². The van der Waals surface area contributed by atoms with Gasteiger partial charge in [-0.2, -0.15) is 0 Å². The van der Waals surface area contributed by atoms with Gasteiger partial charge in [-0.1, -0.05) is 34.1 Å². The minimum absolute atomic E-state index is 0.833. The predicted molar refractivity (Wildman–Crippen MR) is 62.4 cm³/mol. The summed E-state index contributed by atoms with van der Waals surface area (Å²) in [4.78, 5) is 0. The third kappa shape index (κ3) is 8.68. The lowest BCUT2D eigenvalue weighted by atomic mass is 10.3. The zero-order valence-corrected chi connectivity index (χ0v) is 11.7. The van der Waals surface area contributed by atoms with Gasteiger partial charge in [0.05, 0.1) is 0 Å². The highest BCUT2D eigenvalue weighted by Crippen LogP contribution is 2.13. The first-order valence-electron chi connectivity index (χ1n) is 5.13. The van der Waals surface area contributed by atoms with Gasteiger partial charge < -0.3 is 13.3 Å². The summed E-state index contributed by atoms with van der Waals surface area (Å²) in [5.74, 6) is 0.833. The summed E-state index contributed by atoms with van der Waals surface area (Å²) in [6, 6.07) is 0.885. The van der Waals surface area contributed by atoms with E-state index in [9.17, 15) is 0 Å². The van der Waals surface area contributed by atoms with E-state index in [4.69, 9.17) is 13.3 Å². The Morgan fingerprint density at radius 3 is 1.29 bits per heavy atom. The molecule has 0 saturated heterocycles. The van der Waals surface area contributed by atoms with E-state index in [0.717, 1.165) is 18.4 Å². The molecule has 0 unspecified atom stereocenters. The van der Waals surface area contributed by atoms with E-state index in [1.54, 1.807) is 21.3 Å². The van der Waals surface area contributed by atoms with Gasteiger partial charge >= 0.3 is 8.80 Å². The van der Waals surface area contributed by atoms with Crippen molar-refractivity contribution in [1.82, 2.24) is 0 Å². The standard InChI is InChI=1S/C6H16O3Si.C4H10/c1-5-6-10(7-2,8-3)9-4;1-4(2)3/h5-6H2,1-4H3;4H,1-3H3. The SMILES string of the molecule is CC(C)C.CCC[Si](OC)(OC)OC. The van der Waals surface area contributed by atoms with Crippen LogP contribution in [0.3, 0.4) is 0 Å². The summed E-state index contributed by atoms with van der Waals surface area (Å²) >= 11 is 0. The van der Waals surface area contributed by atoms with Crippen molar-refractivity contribution in [2.45, 2.75) is 40.2 Å². The molecule has 0 aliphatic heterocycles. The normalized spacial score (nSPS) is 11.1. The average Bonchev–Trinajstić information content (AvgIpc) is 2.14. The highest BCUT2D eigenvalue weighted by atomic mass is 28.4. The monoisotopic (exact) mass is 222 g/mol. The quantitative estimate of drug-likeness (QED) is 0.669. The molecule has 0 spiro atoms. The highest BCUT2D eigenvalue weighted by Gasteiger charge is 2.36. The Morgan fingerprint density at radius 1 is 0.929 bits per heavy atom. The lowest BCUT2D eigenvalue weighted by Crippen LogP contribution is -2.42. The van der Waals surface area contributed by atoms with Crippen molar-refractivity contribution in [1.29, 1.82) is 0 Å². The molecule has 0 atom stereocenters. The maximum absolute atomic E-state index is 5.17. The Bertz CT molecular complexity index is 103. The second kappa shape index (κ2) is 9.64. The van der Waals surface area contributed by atoms with Crippen LogP contribution in [-0.2, 0) is 13.3 Å². The Kier molecular flexibility index (Phi) is 11.4. The molecule has 0 heterocycles. The number of hydrogen-bond donors (Lipinski definition) is 0. The summed E-state index contributed by atoms with van der Waals surface area (Å²) in [5, 5.41) is 0. The van der Waals surface area contributed by atoms with Crippen LogP contribution in [0.5, 0.6) is 0 Å². The first kappa shape index (κ1) is 16.5. The van der Waals surface area contributed by atoms with Crippen molar-refractivity contribution < 1.29 is 13.3 Å². The van der Waals surface area contributed by atoms with Crippen molar-refractivity contribution in [3.05, 3.63) is 0 Å². The molecular formula is C10H26O3Si. The molecule has 0 aromatic heterocycles. The van der Waals surface area contributed by atoms with Gasteiger partial charge in [0.15, 0.2) is 0 Å². The molecule has 0 bridgehead atoms. The fourth-order valence-electron chi connectivity index (χ4n) is 0.862. The van der Waals surface area contributed by atoms with Crippen LogP contribution in [0.1, 0.15) is 34.1 Å². The summed E-state index contributed by atoms with van der Waals surface area (Å²) in [6.07, 6.45) is 1.03. The first-order valence-corrected chi connectivity index (χ1v) is 7.06. The van der Waals surface area contributed by atoms with E-state index < -0.39 is 8.80 Å². The van der Waals surface area contributed by atoms with Crippen LogP contribution in [-0.4, -0.2) is 30.1 Å². The van der Waals surface area contributed by atoms with Crippen LogP contribution in [0.25, 0.3) is 0 Å². The fourth-order valence-corrected chi connectivity index (χ4v) is 2.59.